The van der Waals surface area contributed by atoms with Gasteiger partial charge in [0.25, 0.3) is 0 Å². The fourth-order valence-corrected chi connectivity index (χ4v) is 2.30. The molecule has 0 saturated carbocycles. The van der Waals surface area contributed by atoms with Crippen molar-refractivity contribution in [2.45, 2.75) is 19.8 Å². The summed E-state index contributed by atoms with van der Waals surface area (Å²) in [5.41, 5.74) is 2.86. The summed E-state index contributed by atoms with van der Waals surface area (Å²) in [6, 6.07) is 10.0. The Morgan fingerprint density at radius 2 is 1.95 bits per heavy atom. The van der Waals surface area contributed by atoms with Crippen LogP contribution in [0.3, 0.4) is 0 Å². The highest BCUT2D eigenvalue weighted by atomic mass is 16.2. The standard InChI is InChI=1S/C17H19NO2/c1-12-4-7-14-10-13(6-9-17(20)18(2)3)5-8-15(14)16(12)11-19/h4-5,7-8,10-11H,6,9H2,1-3H3. The third-order valence-electron chi connectivity index (χ3n) is 3.59. The normalized spacial score (nSPS) is 10.6. The molecule has 104 valence electrons. The lowest BCUT2D eigenvalue weighted by molar-refractivity contribution is -0.128. The summed E-state index contributed by atoms with van der Waals surface area (Å²) in [6.45, 7) is 1.94. The highest BCUT2D eigenvalue weighted by Crippen LogP contribution is 2.22. The Morgan fingerprint density at radius 3 is 2.60 bits per heavy atom. The molecule has 0 unspecified atom stereocenters. The molecule has 0 heterocycles. The maximum Gasteiger partial charge on any atom is 0.222 e. The largest absolute Gasteiger partial charge is 0.349 e. The van der Waals surface area contributed by atoms with E-state index in [2.05, 4.69) is 6.07 Å². The van der Waals surface area contributed by atoms with Gasteiger partial charge in [0.15, 0.2) is 6.29 Å². The molecule has 0 aromatic heterocycles. The molecule has 0 bridgehead atoms. The van der Waals surface area contributed by atoms with Crippen molar-refractivity contribution in [2.24, 2.45) is 0 Å². The minimum atomic E-state index is 0.127. The van der Waals surface area contributed by atoms with Gasteiger partial charge in [-0.15, -0.1) is 0 Å². The van der Waals surface area contributed by atoms with E-state index >= 15 is 0 Å². The van der Waals surface area contributed by atoms with Gasteiger partial charge in [-0.2, -0.15) is 0 Å². The van der Waals surface area contributed by atoms with Gasteiger partial charge in [0, 0.05) is 26.1 Å². The van der Waals surface area contributed by atoms with E-state index in [4.69, 9.17) is 0 Å². The molecule has 2 rings (SSSR count). The fraction of sp³-hybridized carbons (Fsp3) is 0.294. The number of hydrogen-bond donors (Lipinski definition) is 0. The molecule has 20 heavy (non-hydrogen) atoms. The molecule has 2 aromatic carbocycles. The first kappa shape index (κ1) is 14.3. The average Bonchev–Trinajstić information content (AvgIpc) is 2.44. The van der Waals surface area contributed by atoms with Crippen LogP contribution >= 0.6 is 0 Å². The SMILES string of the molecule is Cc1ccc2cc(CCC(=O)N(C)C)ccc2c1C=O. The molecule has 0 spiro atoms. The smallest absolute Gasteiger partial charge is 0.222 e. The van der Waals surface area contributed by atoms with Crippen LogP contribution in [0.15, 0.2) is 30.3 Å². The highest BCUT2D eigenvalue weighted by molar-refractivity contribution is 5.99. The first-order chi connectivity index (χ1) is 9.52. The summed E-state index contributed by atoms with van der Waals surface area (Å²) in [7, 11) is 3.53. The van der Waals surface area contributed by atoms with Crippen molar-refractivity contribution in [3.05, 3.63) is 47.0 Å². The predicted molar refractivity (Wildman–Crippen MR) is 81.1 cm³/mol. The van der Waals surface area contributed by atoms with Gasteiger partial charge >= 0.3 is 0 Å². The summed E-state index contributed by atoms with van der Waals surface area (Å²) < 4.78 is 0. The van der Waals surface area contributed by atoms with Crippen molar-refractivity contribution in [2.75, 3.05) is 14.1 Å². The third-order valence-corrected chi connectivity index (χ3v) is 3.59. The molecule has 0 radical (unpaired) electrons. The lowest BCUT2D eigenvalue weighted by atomic mass is 9.97. The molecule has 0 aliphatic rings. The van der Waals surface area contributed by atoms with E-state index in [0.717, 1.165) is 40.2 Å². The molecule has 1 amide bonds. The number of carbonyl (C=O) groups excluding carboxylic acids is 2. The Morgan fingerprint density at radius 1 is 1.20 bits per heavy atom. The number of hydrogen-bond acceptors (Lipinski definition) is 2. The molecule has 3 nitrogen and oxygen atoms in total. The molecule has 3 heteroatoms. The Kier molecular flexibility index (Phi) is 4.18. The van der Waals surface area contributed by atoms with Crippen molar-refractivity contribution in [3.63, 3.8) is 0 Å². The number of carbonyl (C=O) groups is 2. The molecule has 2 aromatic rings. The van der Waals surface area contributed by atoms with Gasteiger partial charge in [-0.05, 0) is 35.2 Å². The van der Waals surface area contributed by atoms with Crippen molar-refractivity contribution in [3.8, 4) is 0 Å². The van der Waals surface area contributed by atoms with E-state index in [1.54, 1.807) is 19.0 Å². The second-order valence-corrected chi connectivity index (χ2v) is 5.26. The summed E-state index contributed by atoms with van der Waals surface area (Å²) in [6.07, 6.45) is 2.13. The average molecular weight is 269 g/mol. The molecule has 0 aliphatic heterocycles. The van der Waals surface area contributed by atoms with Crippen molar-refractivity contribution in [1.82, 2.24) is 4.90 Å². The Balaban J connectivity index is 2.28. The zero-order valence-corrected chi connectivity index (χ0v) is 12.1. The second kappa shape index (κ2) is 5.87. The van der Waals surface area contributed by atoms with Gasteiger partial charge < -0.3 is 4.90 Å². The lowest BCUT2D eigenvalue weighted by Gasteiger charge is -2.11. The molecule has 0 fully saturated rings. The number of nitrogens with zero attached hydrogens (tertiary/aromatic N) is 1. The second-order valence-electron chi connectivity index (χ2n) is 5.26. The number of amides is 1. The van der Waals surface area contributed by atoms with Gasteiger partial charge in [-0.1, -0.05) is 30.3 Å². The molecular formula is C17H19NO2. The highest BCUT2D eigenvalue weighted by Gasteiger charge is 2.07. The number of benzene rings is 2. The van der Waals surface area contributed by atoms with E-state index in [1.807, 2.05) is 31.2 Å². The van der Waals surface area contributed by atoms with Crippen LogP contribution < -0.4 is 0 Å². The monoisotopic (exact) mass is 269 g/mol. The first-order valence-electron chi connectivity index (χ1n) is 6.70. The van der Waals surface area contributed by atoms with Crippen molar-refractivity contribution < 1.29 is 9.59 Å². The van der Waals surface area contributed by atoms with E-state index in [-0.39, 0.29) is 5.91 Å². The number of fused-ring (bicyclic) bond motifs is 1. The van der Waals surface area contributed by atoms with Gasteiger partial charge in [-0.3, -0.25) is 9.59 Å². The molecule has 0 atom stereocenters. The van der Waals surface area contributed by atoms with Crippen LogP contribution in [0.2, 0.25) is 0 Å². The summed E-state index contributed by atoms with van der Waals surface area (Å²) in [4.78, 5) is 24.4. The minimum Gasteiger partial charge on any atom is -0.349 e. The van der Waals surface area contributed by atoms with Gasteiger partial charge in [-0.25, -0.2) is 0 Å². The molecule has 0 N–H and O–H groups in total. The maximum atomic E-state index is 11.6. The number of aryl methyl sites for hydroxylation is 2. The quantitative estimate of drug-likeness (QED) is 0.800. The van der Waals surface area contributed by atoms with E-state index < -0.39 is 0 Å². The number of aldehydes is 1. The van der Waals surface area contributed by atoms with Gasteiger partial charge in [0.1, 0.15) is 0 Å². The van der Waals surface area contributed by atoms with Crippen molar-refractivity contribution >= 4 is 23.0 Å². The lowest BCUT2D eigenvalue weighted by Crippen LogP contribution is -2.21. The number of rotatable bonds is 4. The van der Waals surface area contributed by atoms with Gasteiger partial charge in [0.05, 0.1) is 0 Å². The minimum absolute atomic E-state index is 0.127. The van der Waals surface area contributed by atoms with Crippen LogP contribution in [-0.4, -0.2) is 31.2 Å². The molecule has 0 aliphatic carbocycles. The van der Waals surface area contributed by atoms with Gasteiger partial charge in [0.2, 0.25) is 5.91 Å². The Labute approximate surface area is 119 Å². The van der Waals surface area contributed by atoms with E-state index in [9.17, 15) is 9.59 Å². The summed E-state index contributed by atoms with van der Waals surface area (Å²) in [5.74, 6) is 0.127. The van der Waals surface area contributed by atoms with E-state index in [1.165, 1.54) is 0 Å². The maximum absolute atomic E-state index is 11.6. The predicted octanol–water partition coefficient (Wildman–Crippen LogP) is 2.98. The van der Waals surface area contributed by atoms with Crippen LogP contribution in [-0.2, 0) is 11.2 Å². The fourth-order valence-electron chi connectivity index (χ4n) is 2.30. The summed E-state index contributed by atoms with van der Waals surface area (Å²) in [5, 5.41) is 2.02. The molecule has 0 saturated heterocycles. The van der Waals surface area contributed by atoms with Crippen LogP contribution in [0.25, 0.3) is 10.8 Å². The van der Waals surface area contributed by atoms with Crippen LogP contribution in [0.4, 0.5) is 0 Å². The first-order valence-corrected chi connectivity index (χ1v) is 6.70. The van der Waals surface area contributed by atoms with Crippen LogP contribution in [0, 0.1) is 6.92 Å². The van der Waals surface area contributed by atoms with Crippen LogP contribution in [0.5, 0.6) is 0 Å². The zero-order valence-electron chi connectivity index (χ0n) is 12.1. The van der Waals surface area contributed by atoms with Crippen molar-refractivity contribution in [1.29, 1.82) is 0 Å². The zero-order chi connectivity index (χ0) is 14.7. The molecular weight excluding hydrogens is 250 g/mol. The Bertz CT molecular complexity index is 659. The summed E-state index contributed by atoms with van der Waals surface area (Å²) >= 11 is 0. The Hall–Kier alpha value is -2.16. The van der Waals surface area contributed by atoms with E-state index in [0.29, 0.717) is 6.42 Å². The van der Waals surface area contributed by atoms with Crippen LogP contribution in [0.1, 0.15) is 27.9 Å². The topological polar surface area (TPSA) is 37.4 Å². The third kappa shape index (κ3) is 2.87.